The molecule has 0 N–H and O–H groups in total. The van der Waals surface area contributed by atoms with Gasteiger partial charge in [0, 0.05) is 22.9 Å². The van der Waals surface area contributed by atoms with Crippen molar-refractivity contribution in [2.45, 2.75) is 27.7 Å². The molecule has 0 saturated carbocycles. The monoisotopic (exact) mass is 364 g/mol. The van der Waals surface area contributed by atoms with Gasteiger partial charge in [-0.05, 0) is 68.1 Å². The van der Waals surface area contributed by atoms with E-state index in [4.69, 9.17) is 4.98 Å². The summed E-state index contributed by atoms with van der Waals surface area (Å²) in [5.41, 5.74) is 11.3. The second-order valence-electron chi connectivity index (χ2n) is 7.40. The van der Waals surface area contributed by atoms with E-state index in [0.29, 0.717) is 0 Å². The number of benzene rings is 2. The smallest absolute Gasteiger partial charge is 0.0741 e. The van der Waals surface area contributed by atoms with Crippen molar-refractivity contribution < 1.29 is 0 Å². The van der Waals surface area contributed by atoms with Crippen molar-refractivity contribution in [2.75, 3.05) is 0 Å². The van der Waals surface area contributed by atoms with Gasteiger partial charge in [-0.1, -0.05) is 48.5 Å². The molecule has 2 nitrogen and oxygen atoms in total. The van der Waals surface area contributed by atoms with Crippen LogP contribution in [-0.2, 0) is 0 Å². The Morgan fingerprint density at radius 1 is 0.571 bits per heavy atom. The molecule has 2 aromatic carbocycles. The molecule has 4 rings (SSSR count). The molecule has 0 fully saturated rings. The minimum Gasteiger partial charge on any atom is -0.256 e. The van der Waals surface area contributed by atoms with Crippen molar-refractivity contribution in [2.24, 2.45) is 0 Å². The topological polar surface area (TPSA) is 25.8 Å². The largest absolute Gasteiger partial charge is 0.256 e. The molecule has 0 saturated heterocycles. The van der Waals surface area contributed by atoms with Gasteiger partial charge in [-0.3, -0.25) is 4.98 Å². The first-order valence-electron chi connectivity index (χ1n) is 9.60. The summed E-state index contributed by atoms with van der Waals surface area (Å²) >= 11 is 0. The number of aryl methyl sites for hydroxylation is 3. The Kier molecular flexibility index (Phi) is 4.79. The number of hydrogen-bond donors (Lipinski definition) is 0. The molecule has 0 spiro atoms. The lowest BCUT2D eigenvalue weighted by atomic mass is 9.97. The van der Waals surface area contributed by atoms with E-state index in [1.165, 1.54) is 22.3 Å². The summed E-state index contributed by atoms with van der Waals surface area (Å²) < 4.78 is 0. The highest BCUT2D eigenvalue weighted by Crippen LogP contribution is 2.31. The number of aromatic nitrogens is 2. The molecule has 0 aliphatic carbocycles. The zero-order valence-electron chi connectivity index (χ0n) is 16.8. The van der Waals surface area contributed by atoms with E-state index in [0.717, 1.165) is 33.8 Å². The van der Waals surface area contributed by atoms with Crippen molar-refractivity contribution in [3.8, 4) is 33.8 Å². The summed E-state index contributed by atoms with van der Waals surface area (Å²) in [4.78, 5) is 9.65. The SMILES string of the molecule is Cc1cnc(-c2cccc(-c3nc(-c4ccccc4)cc(C)c3C)c2)cc1C. The number of pyridine rings is 2. The van der Waals surface area contributed by atoms with Gasteiger partial charge in [0.2, 0.25) is 0 Å². The van der Waals surface area contributed by atoms with E-state index in [1.807, 2.05) is 12.3 Å². The van der Waals surface area contributed by atoms with Gasteiger partial charge in [0.25, 0.3) is 0 Å². The third kappa shape index (κ3) is 3.46. The highest BCUT2D eigenvalue weighted by atomic mass is 14.7. The third-order valence-electron chi connectivity index (χ3n) is 5.41. The van der Waals surface area contributed by atoms with Crippen molar-refractivity contribution in [1.82, 2.24) is 9.97 Å². The normalized spacial score (nSPS) is 10.9. The fourth-order valence-corrected chi connectivity index (χ4v) is 3.38. The van der Waals surface area contributed by atoms with Crippen LogP contribution in [0.15, 0.2) is 72.9 Å². The van der Waals surface area contributed by atoms with Gasteiger partial charge in [0.1, 0.15) is 0 Å². The molecule has 0 aliphatic heterocycles. The molecule has 2 aromatic heterocycles. The summed E-state index contributed by atoms with van der Waals surface area (Å²) in [6, 6.07) is 23.2. The van der Waals surface area contributed by atoms with Crippen LogP contribution in [0.4, 0.5) is 0 Å². The Bertz CT molecular complexity index is 1140. The van der Waals surface area contributed by atoms with Crippen LogP contribution in [0.3, 0.4) is 0 Å². The van der Waals surface area contributed by atoms with Gasteiger partial charge in [-0.25, -0.2) is 4.98 Å². The maximum Gasteiger partial charge on any atom is 0.0741 e. The zero-order valence-corrected chi connectivity index (χ0v) is 16.8. The van der Waals surface area contributed by atoms with Crippen molar-refractivity contribution in [3.05, 3.63) is 95.2 Å². The highest BCUT2D eigenvalue weighted by Gasteiger charge is 2.11. The molecule has 4 aromatic rings. The predicted molar refractivity (Wildman–Crippen MR) is 117 cm³/mol. The Labute approximate surface area is 167 Å². The van der Waals surface area contributed by atoms with Gasteiger partial charge in [0.15, 0.2) is 0 Å². The van der Waals surface area contributed by atoms with E-state index < -0.39 is 0 Å². The van der Waals surface area contributed by atoms with Gasteiger partial charge >= 0.3 is 0 Å². The van der Waals surface area contributed by atoms with Crippen LogP contribution in [0.1, 0.15) is 22.3 Å². The maximum absolute atomic E-state index is 5.02. The summed E-state index contributed by atoms with van der Waals surface area (Å²) in [5, 5.41) is 0. The predicted octanol–water partition coefficient (Wildman–Crippen LogP) is 6.71. The van der Waals surface area contributed by atoms with Gasteiger partial charge < -0.3 is 0 Å². The lowest BCUT2D eigenvalue weighted by Gasteiger charge is -2.13. The van der Waals surface area contributed by atoms with Gasteiger partial charge in [-0.2, -0.15) is 0 Å². The molecule has 2 heterocycles. The first-order chi connectivity index (χ1) is 13.5. The van der Waals surface area contributed by atoms with E-state index in [1.54, 1.807) is 0 Å². The minimum absolute atomic E-state index is 0.999. The second kappa shape index (κ2) is 7.40. The summed E-state index contributed by atoms with van der Waals surface area (Å²) in [6.07, 6.45) is 1.95. The molecule has 2 heteroatoms. The Balaban J connectivity index is 1.83. The van der Waals surface area contributed by atoms with Crippen molar-refractivity contribution in [3.63, 3.8) is 0 Å². The van der Waals surface area contributed by atoms with Crippen LogP contribution in [0.5, 0.6) is 0 Å². The summed E-state index contributed by atoms with van der Waals surface area (Å²) in [6.45, 7) is 8.52. The minimum atomic E-state index is 0.999. The maximum atomic E-state index is 5.02. The Morgan fingerprint density at radius 2 is 1.25 bits per heavy atom. The molecule has 0 unspecified atom stereocenters. The zero-order chi connectivity index (χ0) is 19.7. The van der Waals surface area contributed by atoms with E-state index >= 15 is 0 Å². The molecule has 138 valence electrons. The number of rotatable bonds is 3. The van der Waals surface area contributed by atoms with E-state index in [2.05, 4.69) is 93.3 Å². The van der Waals surface area contributed by atoms with Gasteiger partial charge in [-0.15, -0.1) is 0 Å². The Hall–Kier alpha value is -3.26. The molecule has 0 radical (unpaired) electrons. The average molecular weight is 364 g/mol. The van der Waals surface area contributed by atoms with Crippen LogP contribution in [0, 0.1) is 27.7 Å². The summed E-state index contributed by atoms with van der Waals surface area (Å²) in [5.74, 6) is 0. The van der Waals surface area contributed by atoms with Crippen LogP contribution >= 0.6 is 0 Å². The van der Waals surface area contributed by atoms with E-state index in [9.17, 15) is 0 Å². The Morgan fingerprint density at radius 3 is 2.00 bits per heavy atom. The van der Waals surface area contributed by atoms with Crippen molar-refractivity contribution in [1.29, 1.82) is 0 Å². The lowest BCUT2D eigenvalue weighted by Crippen LogP contribution is -1.96. The van der Waals surface area contributed by atoms with Crippen LogP contribution in [0.2, 0.25) is 0 Å². The first kappa shape index (κ1) is 18.1. The van der Waals surface area contributed by atoms with Crippen LogP contribution in [-0.4, -0.2) is 9.97 Å². The standard InChI is InChI=1S/C26H24N2/c1-17-13-24(27-16-19(17)3)22-11-8-12-23(15-22)26-20(4)18(2)14-25(28-26)21-9-6-5-7-10-21/h5-16H,1-4H3. The fraction of sp³-hybridized carbons (Fsp3) is 0.154. The van der Waals surface area contributed by atoms with Crippen LogP contribution in [0.25, 0.3) is 33.8 Å². The fourth-order valence-electron chi connectivity index (χ4n) is 3.38. The summed E-state index contributed by atoms with van der Waals surface area (Å²) in [7, 11) is 0. The van der Waals surface area contributed by atoms with E-state index in [-0.39, 0.29) is 0 Å². The molecule has 0 aliphatic rings. The van der Waals surface area contributed by atoms with Gasteiger partial charge in [0.05, 0.1) is 17.1 Å². The number of nitrogens with zero attached hydrogens (tertiary/aromatic N) is 2. The second-order valence-corrected chi connectivity index (χ2v) is 7.40. The quantitative estimate of drug-likeness (QED) is 0.404. The highest BCUT2D eigenvalue weighted by molar-refractivity contribution is 5.74. The first-order valence-corrected chi connectivity index (χ1v) is 9.60. The average Bonchev–Trinajstić information content (AvgIpc) is 2.72. The lowest BCUT2D eigenvalue weighted by molar-refractivity contribution is 1.21. The molecule has 28 heavy (non-hydrogen) atoms. The van der Waals surface area contributed by atoms with Crippen molar-refractivity contribution >= 4 is 0 Å². The molecule has 0 atom stereocenters. The number of hydrogen-bond acceptors (Lipinski definition) is 2. The molecular formula is C26H24N2. The molecule has 0 bridgehead atoms. The molecular weight excluding hydrogens is 340 g/mol. The van der Waals surface area contributed by atoms with Crippen LogP contribution < -0.4 is 0 Å². The third-order valence-corrected chi connectivity index (χ3v) is 5.41. The molecule has 0 amide bonds.